The molecule has 4 rings (SSSR count). The standard InChI is InChI=1S/C29H29N5O8/c1-30-14-25(36)33-15-21(32-27(39)19-10-6-8-17-7-2-3-9-18(17)19)28(40)34(23-12-5-4-11-22(23)33)16-24(35)31-20(29(41)42)13-26(37)38/h2-12,20-21,30H,13-16H2,1H3,(H,31,35)(H,32,39)(H,37,38)(H,41,42). The predicted molar refractivity (Wildman–Crippen MR) is 152 cm³/mol. The number of hydrogen-bond donors (Lipinski definition) is 5. The van der Waals surface area contributed by atoms with Crippen LogP contribution >= 0.6 is 0 Å². The minimum atomic E-state index is -1.73. The average Bonchev–Trinajstić information content (AvgIpc) is 3.07. The number of carbonyl (C=O) groups is 6. The number of fused-ring (bicyclic) bond motifs is 2. The molecule has 0 saturated heterocycles. The Hall–Kier alpha value is -5.30. The minimum absolute atomic E-state index is 0.0809. The first-order valence-corrected chi connectivity index (χ1v) is 13.0. The first-order valence-electron chi connectivity index (χ1n) is 13.0. The Kier molecular flexibility index (Phi) is 9.12. The number of nitrogens with one attached hydrogen (secondary N) is 3. The number of amides is 4. The molecule has 0 aromatic heterocycles. The molecule has 1 heterocycles. The van der Waals surface area contributed by atoms with E-state index < -0.39 is 60.6 Å². The fourth-order valence-corrected chi connectivity index (χ4v) is 4.76. The first kappa shape index (κ1) is 29.7. The van der Waals surface area contributed by atoms with E-state index in [0.717, 1.165) is 10.3 Å². The zero-order valence-corrected chi connectivity index (χ0v) is 22.6. The number of aliphatic carboxylic acids is 2. The third-order valence-electron chi connectivity index (χ3n) is 6.68. The van der Waals surface area contributed by atoms with Crippen molar-refractivity contribution in [1.82, 2.24) is 16.0 Å². The van der Waals surface area contributed by atoms with Crippen molar-refractivity contribution in [3.05, 3.63) is 72.3 Å². The van der Waals surface area contributed by atoms with Crippen LogP contribution in [0.15, 0.2) is 66.7 Å². The van der Waals surface area contributed by atoms with E-state index in [0.29, 0.717) is 16.6 Å². The van der Waals surface area contributed by atoms with E-state index in [1.54, 1.807) is 49.5 Å². The first-order chi connectivity index (χ1) is 20.1. The SMILES string of the molecule is CNCC(=O)N1CC(NC(=O)c2cccc3ccccc23)C(=O)N(CC(=O)NC(CC(=O)O)C(=O)O)c2ccccc21. The van der Waals surface area contributed by atoms with Crippen LogP contribution in [0.5, 0.6) is 0 Å². The minimum Gasteiger partial charge on any atom is -0.481 e. The monoisotopic (exact) mass is 575 g/mol. The Morgan fingerprint density at radius 2 is 1.60 bits per heavy atom. The van der Waals surface area contributed by atoms with Crippen LogP contribution in [0.4, 0.5) is 11.4 Å². The molecule has 4 amide bonds. The van der Waals surface area contributed by atoms with Crippen LogP contribution in [0.1, 0.15) is 16.8 Å². The maximum absolute atomic E-state index is 14.0. The Morgan fingerprint density at radius 3 is 2.29 bits per heavy atom. The molecular weight excluding hydrogens is 546 g/mol. The number of anilines is 2. The van der Waals surface area contributed by atoms with Crippen molar-refractivity contribution in [1.29, 1.82) is 0 Å². The highest BCUT2D eigenvalue weighted by molar-refractivity contribution is 6.13. The van der Waals surface area contributed by atoms with Gasteiger partial charge in [0, 0.05) is 5.56 Å². The molecule has 3 aromatic carbocycles. The van der Waals surface area contributed by atoms with Gasteiger partial charge in [-0.2, -0.15) is 0 Å². The molecule has 0 bridgehead atoms. The van der Waals surface area contributed by atoms with Gasteiger partial charge in [-0.3, -0.25) is 28.9 Å². The highest BCUT2D eigenvalue weighted by Gasteiger charge is 2.38. The molecule has 1 aliphatic heterocycles. The van der Waals surface area contributed by atoms with Crippen LogP contribution < -0.4 is 25.8 Å². The number of hydrogen-bond acceptors (Lipinski definition) is 7. The van der Waals surface area contributed by atoms with E-state index in [1.165, 1.54) is 11.0 Å². The fraction of sp³-hybridized carbons (Fsp3) is 0.241. The number of likely N-dealkylation sites (N-methyl/N-ethyl adjacent to an activating group) is 1. The molecule has 13 nitrogen and oxygen atoms in total. The van der Waals surface area contributed by atoms with Gasteiger partial charge in [-0.15, -0.1) is 0 Å². The van der Waals surface area contributed by atoms with Crippen molar-refractivity contribution in [2.75, 3.05) is 36.5 Å². The molecule has 0 fully saturated rings. The van der Waals surface area contributed by atoms with Gasteiger partial charge >= 0.3 is 11.9 Å². The van der Waals surface area contributed by atoms with Gasteiger partial charge in [-0.05, 0) is 36.0 Å². The zero-order valence-electron chi connectivity index (χ0n) is 22.6. The van der Waals surface area contributed by atoms with Crippen LogP contribution in [0.2, 0.25) is 0 Å². The molecule has 3 aromatic rings. The quantitative estimate of drug-likeness (QED) is 0.231. The fourth-order valence-electron chi connectivity index (χ4n) is 4.76. The number of para-hydroxylation sites is 2. The Morgan fingerprint density at radius 1 is 0.929 bits per heavy atom. The van der Waals surface area contributed by atoms with Crippen LogP contribution in [0.3, 0.4) is 0 Å². The highest BCUT2D eigenvalue weighted by atomic mass is 16.4. The number of carbonyl (C=O) groups excluding carboxylic acids is 4. The van der Waals surface area contributed by atoms with Gasteiger partial charge in [0.2, 0.25) is 11.8 Å². The van der Waals surface area contributed by atoms with Gasteiger partial charge in [-0.1, -0.05) is 48.5 Å². The van der Waals surface area contributed by atoms with Gasteiger partial charge < -0.3 is 31.1 Å². The average molecular weight is 576 g/mol. The van der Waals surface area contributed by atoms with Gasteiger partial charge in [0.15, 0.2) is 0 Å². The molecule has 1 aliphatic rings. The van der Waals surface area contributed by atoms with Crippen LogP contribution in [0, 0.1) is 0 Å². The van der Waals surface area contributed by atoms with Gasteiger partial charge in [0.05, 0.1) is 30.9 Å². The van der Waals surface area contributed by atoms with Gasteiger partial charge in [0.1, 0.15) is 18.6 Å². The molecule has 0 aliphatic carbocycles. The van der Waals surface area contributed by atoms with Gasteiger partial charge in [-0.25, -0.2) is 4.79 Å². The highest BCUT2D eigenvalue weighted by Crippen LogP contribution is 2.33. The molecular formula is C29H29N5O8. The summed E-state index contributed by atoms with van der Waals surface area (Å²) in [6.45, 7) is -1.03. The summed E-state index contributed by atoms with van der Waals surface area (Å²) in [6, 6.07) is 15.7. The topological polar surface area (TPSA) is 185 Å². The number of carboxylic acid groups (broad SMARTS) is 2. The number of benzene rings is 3. The summed E-state index contributed by atoms with van der Waals surface area (Å²) < 4.78 is 0. The third kappa shape index (κ3) is 6.53. The molecule has 42 heavy (non-hydrogen) atoms. The summed E-state index contributed by atoms with van der Waals surface area (Å²) in [5.74, 6) is -5.64. The predicted octanol–water partition coefficient (Wildman–Crippen LogP) is 0.582. The summed E-state index contributed by atoms with van der Waals surface area (Å²) in [7, 11) is 1.58. The summed E-state index contributed by atoms with van der Waals surface area (Å²) in [6.07, 6.45) is -0.873. The normalized spacial score (nSPS) is 15.4. The molecule has 0 saturated carbocycles. The van der Waals surface area contributed by atoms with Crippen molar-refractivity contribution < 1.29 is 39.0 Å². The molecule has 0 radical (unpaired) electrons. The number of nitrogens with zero attached hydrogens (tertiary/aromatic N) is 2. The lowest BCUT2D eigenvalue weighted by Gasteiger charge is -2.25. The number of carboxylic acids is 2. The van der Waals surface area contributed by atoms with Crippen molar-refractivity contribution in [2.45, 2.75) is 18.5 Å². The lowest BCUT2D eigenvalue weighted by atomic mass is 10.0. The second-order valence-corrected chi connectivity index (χ2v) is 9.56. The third-order valence-corrected chi connectivity index (χ3v) is 6.68. The molecule has 5 N–H and O–H groups in total. The molecule has 0 spiro atoms. The molecule has 13 heteroatoms. The van der Waals surface area contributed by atoms with Crippen molar-refractivity contribution >= 4 is 57.7 Å². The van der Waals surface area contributed by atoms with Crippen molar-refractivity contribution in [3.63, 3.8) is 0 Å². The van der Waals surface area contributed by atoms with E-state index in [2.05, 4.69) is 16.0 Å². The summed E-state index contributed by atoms with van der Waals surface area (Å²) >= 11 is 0. The summed E-state index contributed by atoms with van der Waals surface area (Å²) in [5, 5.41) is 27.5. The van der Waals surface area contributed by atoms with E-state index >= 15 is 0 Å². The lowest BCUT2D eigenvalue weighted by molar-refractivity contribution is -0.147. The Bertz CT molecular complexity index is 1550. The second-order valence-electron chi connectivity index (χ2n) is 9.56. The molecule has 218 valence electrons. The van der Waals surface area contributed by atoms with Crippen LogP contribution in [0.25, 0.3) is 10.8 Å². The molecule has 2 unspecified atom stereocenters. The van der Waals surface area contributed by atoms with E-state index in [-0.39, 0.29) is 18.8 Å². The zero-order chi connectivity index (χ0) is 30.4. The Balaban J connectivity index is 1.70. The smallest absolute Gasteiger partial charge is 0.326 e. The van der Waals surface area contributed by atoms with Crippen LogP contribution in [-0.4, -0.2) is 84.5 Å². The maximum atomic E-state index is 14.0. The van der Waals surface area contributed by atoms with E-state index in [1.807, 2.05) is 18.2 Å². The second kappa shape index (κ2) is 12.9. The van der Waals surface area contributed by atoms with Crippen molar-refractivity contribution in [3.8, 4) is 0 Å². The summed E-state index contributed by atoms with van der Waals surface area (Å²) in [4.78, 5) is 78.6. The van der Waals surface area contributed by atoms with Crippen LogP contribution in [-0.2, 0) is 24.0 Å². The van der Waals surface area contributed by atoms with E-state index in [9.17, 15) is 33.9 Å². The van der Waals surface area contributed by atoms with Crippen molar-refractivity contribution in [2.24, 2.45) is 0 Å². The lowest BCUT2D eigenvalue weighted by Crippen LogP contribution is -2.55. The number of rotatable bonds is 10. The molecule has 2 atom stereocenters. The summed E-state index contributed by atoms with van der Waals surface area (Å²) in [5.41, 5.74) is 0.772. The largest absolute Gasteiger partial charge is 0.481 e. The van der Waals surface area contributed by atoms with E-state index in [4.69, 9.17) is 5.11 Å². The Labute approximate surface area is 240 Å². The van der Waals surface area contributed by atoms with Gasteiger partial charge in [0.25, 0.3) is 11.8 Å². The maximum Gasteiger partial charge on any atom is 0.326 e.